The Morgan fingerprint density at radius 3 is 2.63 bits per heavy atom. The van der Waals surface area contributed by atoms with Gasteiger partial charge in [0.1, 0.15) is 5.82 Å². The highest BCUT2D eigenvalue weighted by molar-refractivity contribution is 7.89. The summed E-state index contributed by atoms with van der Waals surface area (Å²) in [6.45, 7) is 6.74. The van der Waals surface area contributed by atoms with Crippen LogP contribution in [0.5, 0.6) is 0 Å². The van der Waals surface area contributed by atoms with Crippen LogP contribution in [0, 0.1) is 0 Å². The summed E-state index contributed by atoms with van der Waals surface area (Å²) in [7, 11) is -1.51. The van der Waals surface area contributed by atoms with Gasteiger partial charge in [-0.3, -0.25) is 5.10 Å². The third-order valence-electron chi connectivity index (χ3n) is 6.92. The molecule has 1 atom stereocenters. The molecule has 0 spiro atoms. The van der Waals surface area contributed by atoms with E-state index in [1.807, 2.05) is 55.6 Å². The van der Waals surface area contributed by atoms with Crippen molar-refractivity contribution in [1.29, 1.82) is 0 Å². The quantitative estimate of drug-likeness (QED) is 0.231. The summed E-state index contributed by atoms with van der Waals surface area (Å²) >= 11 is 6.25. The van der Waals surface area contributed by atoms with E-state index in [4.69, 9.17) is 16.6 Å². The maximum Gasteiger partial charge on any atom is 0.212 e. The van der Waals surface area contributed by atoms with E-state index in [1.165, 1.54) is 0 Å². The molecular formula is C28H37ClN6O2S. The van der Waals surface area contributed by atoms with E-state index in [9.17, 15) is 8.42 Å². The number of nitrogens with one attached hydrogen (secondary N) is 2. The highest BCUT2D eigenvalue weighted by atomic mass is 35.5. The lowest BCUT2D eigenvalue weighted by atomic mass is 10.1. The molecule has 0 bridgehead atoms. The Bertz CT molecular complexity index is 1430. The SMILES string of the molecule is CCN(CC)CCCS(=O)(=O)N[C@H](CCc1ccccc1)c1n[nH]c(Cc2cn(C)c3ccc(Cl)cc23)n1. The first-order chi connectivity index (χ1) is 18.3. The second-order valence-corrected chi connectivity index (χ2v) is 11.9. The zero-order valence-electron chi connectivity index (χ0n) is 22.3. The molecule has 38 heavy (non-hydrogen) atoms. The van der Waals surface area contributed by atoms with E-state index in [0.717, 1.165) is 41.7 Å². The van der Waals surface area contributed by atoms with Crippen LogP contribution < -0.4 is 4.72 Å². The second-order valence-electron chi connectivity index (χ2n) is 9.64. The number of hydrogen-bond acceptors (Lipinski definition) is 5. The van der Waals surface area contributed by atoms with Crippen LogP contribution in [0.3, 0.4) is 0 Å². The van der Waals surface area contributed by atoms with Gasteiger partial charge in [-0.25, -0.2) is 18.1 Å². The van der Waals surface area contributed by atoms with Crippen molar-refractivity contribution in [3.8, 4) is 0 Å². The van der Waals surface area contributed by atoms with Gasteiger partial charge in [-0.05, 0) is 68.2 Å². The average molecular weight is 557 g/mol. The predicted molar refractivity (Wildman–Crippen MR) is 154 cm³/mol. The molecule has 0 aliphatic heterocycles. The maximum atomic E-state index is 13.1. The fourth-order valence-corrected chi connectivity index (χ4v) is 6.26. The zero-order valence-corrected chi connectivity index (χ0v) is 23.9. The number of H-pyrrole nitrogens is 1. The molecular weight excluding hydrogens is 520 g/mol. The molecule has 0 saturated heterocycles. The summed E-state index contributed by atoms with van der Waals surface area (Å²) in [5.41, 5.74) is 3.30. The van der Waals surface area contributed by atoms with Crippen LogP contribution in [-0.2, 0) is 29.9 Å². The molecule has 2 aromatic carbocycles. The lowest BCUT2D eigenvalue weighted by Crippen LogP contribution is -2.33. The van der Waals surface area contributed by atoms with Crippen LogP contribution in [0.4, 0.5) is 0 Å². The van der Waals surface area contributed by atoms with Crippen LogP contribution in [0.1, 0.15) is 55.5 Å². The molecule has 0 radical (unpaired) electrons. The Morgan fingerprint density at radius 1 is 1.13 bits per heavy atom. The van der Waals surface area contributed by atoms with Gasteiger partial charge in [0, 0.05) is 35.6 Å². The number of sulfonamides is 1. The van der Waals surface area contributed by atoms with Gasteiger partial charge in [-0.1, -0.05) is 55.8 Å². The molecule has 0 aliphatic carbocycles. The second kappa shape index (κ2) is 12.9. The Hall–Kier alpha value is -2.72. The Morgan fingerprint density at radius 2 is 1.89 bits per heavy atom. The number of fused-ring (bicyclic) bond motifs is 1. The first-order valence-electron chi connectivity index (χ1n) is 13.2. The third kappa shape index (κ3) is 7.44. The van der Waals surface area contributed by atoms with E-state index in [-0.39, 0.29) is 5.75 Å². The molecule has 0 unspecified atom stereocenters. The lowest BCUT2D eigenvalue weighted by molar-refractivity contribution is 0.304. The fourth-order valence-electron chi connectivity index (χ4n) is 4.80. The summed E-state index contributed by atoms with van der Waals surface area (Å²) in [5.74, 6) is 1.21. The highest BCUT2D eigenvalue weighted by Crippen LogP contribution is 2.26. The van der Waals surface area contributed by atoms with Crippen molar-refractivity contribution in [2.45, 2.75) is 45.6 Å². The minimum absolute atomic E-state index is 0.0688. The summed E-state index contributed by atoms with van der Waals surface area (Å²) in [5, 5.41) is 9.22. The van der Waals surface area contributed by atoms with Crippen molar-refractivity contribution < 1.29 is 8.42 Å². The van der Waals surface area contributed by atoms with Gasteiger partial charge in [0.25, 0.3) is 0 Å². The zero-order chi connectivity index (χ0) is 27.1. The molecule has 0 amide bonds. The van der Waals surface area contributed by atoms with Crippen molar-refractivity contribution in [3.63, 3.8) is 0 Å². The van der Waals surface area contributed by atoms with Gasteiger partial charge in [0.2, 0.25) is 10.0 Å². The molecule has 10 heteroatoms. The van der Waals surface area contributed by atoms with Crippen LogP contribution in [0.2, 0.25) is 5.02 Å². The minimum atomic E-state index is -3.51. The van der Waals surface area contributed by atoms with E-state index in [1.54, 1.807) is 0 Å². The molecule has 0 fully saturated rings. The Kier molecular flexibility index (Phi) is 9.59. The number of halogens is 1. The number of rotatable bonds is 14. The molecule has 4 aromatic rings. The molecule has 0 aliphatic rings. The first-order valence-corrected chi connectivity index (χ1v) is 15.2. The van der Waals surface area contributed by atoms with Gasteiger partial charge in [0.15, 0.2) is 5.82 Å². The fraction of sp³-hybridized carbons (Fsp3) is 0.429. The summed E-state index contributed by atoms with van der Waals surface area (Å²) < 4.78 is 31.1. The molecule has 4 rings (SSSR count). The van der Waals surface area contributed by atoms with Crippen LogP contribution in [0.25, 0.3) is 10.9 Å². The number of aromatic nitrogens is 4. The van der Waals surface area contributed by atoms with E-state index in [0.29, 0.717) is 42.4 Å². The molecule has 204 valence electrons. The number of aryl methyl sites for hydroxylation is 2. The van der Waals surface area contributed by atoms with Gasteiger partial charge in [-0.15, -0.1) is 0 Å². The van der Waals surface area contributed by atoms with Crippen molar-refractivity contribution in [2.75, 3.05) is 25.4 Å². The monoisotopic (exact) mass is 556 g/mol. The molecule has 2 heterocycles. The van der Waals surface area contributed by atoms with Crippen molar-refractivity contribution in [3.05, 3.63) is 82.5 Å². The molecule has 0 saturated carbocycles. The lowest BCUT2D eigenvalue weighted by Gasteiger charge is -2.19. The number of aromatic amines is 1. The van der Waals surface area contributed by atoms with Crippen molar-refractivity contribution in [1.82, 2.24) is 29.4 Å². The Balaban J connectivity index is 1.51. The summed E-state index contributed by atoms with van der Waals surface area (Å²) in [6, 6.07) is 15.4. The topological polar surface area (TPSA) is 95.9 Å². The molecule has 2 aromatic heterocycles. The number of nitrogens with zero attached hydrogens (tertiary/aromatic N) is 4. The van der Waals surface area contributed by atoms with Gasteiger partial charge in [0.05, 0.1) is 11.8 Å². The van der Waals surface area contributed by atoms with Gasteiger partial charge in [-0.2, -0.15) is 5.10 Å². The normalized spacial score (nSPS) is 13.0. The molecule has 8 nitrogen and oxygen atoms in total. The minimum Gasteiger partial charge on any atom is -0.350 e. The average Bonchev–Trinajstić information content (AvgIpc) is 3.49. The Labute approximate surface area is 230 Å². The maximum absolute atomic E-state index is 13.1. The summed E-state index contributed by atoms with van der Waals surface area (Å²) in [6.07, 6.45) is 4.44. The summed E-state index contributed by atoms with van der Waals surface area (Å²) in [4.78, 5) is 6.96. The van der Waals surface area contributed by atoms with Gasteiger partial charge < -0.3 is 9.47 Å². The number of benzene rings is 2. The van der Waals surface area contributed by atoms with Crippen molar-refractivity contribution >= 4 is 32.5 Å². The smallest absolute Gasteiger partial charge is 0.212 e. The molecule has 2 N–H and O–H groups in total. The van der Waals surface area contributed by atoms with Gasteiger partial charge >= 0.3 is 0 Å². The van der Waals surface area contributed by atoms with Crippen molar-refractivity contribution in [2.24, 2.45) is 7.05 Å². The number of hydrogen-bond donors (Lipinski definition) is 2. The van der Waals surface area contributed by atoms with E-state index < -0.39 is 16.1 Å². The van der Waals surface area contributed by atoms with E-state index in [2.05, 4.69) is 44.4 Å². The predicted octanol–water partition coefficient (Wildman–Crippen LogP) is 4.87. The van der Waals surface area contributed by atoms with Crippen LogP contribution in [0.15, 0.2) is 54.7 Å². The highest BCUT2D eigenvalue weighted by Gasteiger charge is 2.24. The van der Waals surface area contributed by atoms with E-state index >= 15 is 0 Å². The third-order valence-corrected chi connectivity index (χ3v) is 8.63. The standard InChI is InChI=1S/C28H37ClN6O2S/c1-4-35(5-2)16-9-17-38(36,37)33-25(14-12-21-10-7-6-8-11-21)28-30-27(31-32-28)18-22-20-34(3)26-15-13-23(29)19-24(22)26/h6-8,10-11,13,15,19-20,25,33H,4-5,9,12,14,16-18H2,1-3H3,(H,30,31,32)/t25-/m1/s1. The van der Waals surface area contributed by atoms with Crippen LogP contribution in [-0.4, -0.2) is 58.5 Å². The first kappa shape index (κ1) is 28.3. The largest absolute Gasteiger partial charge is 0.350 e. The van der Waals surface area contributed by atoms with Crippen LogP contribution >= 0.6 is 11.6 Å².